The number of nitrogens with one attached hydrogen (secondary N) is 2. The van der Waals surface area contributed by atoms with E-state index in [2.05, 4.69) is 30.7 Å². The molecule has 0 aliphatic rings. The minimum atomic E-state index is 0. The maximum Gasteiger partial charge on any atom is 0.220 e. The van der Waals surface area contributed by atoms with Crippen molar-refractivity contribution in [3.8, 4) is 0 Å². The summed E-state index contributed by atoms with van der Waals surface area (Å²) in [5.74, 6) is 1.24. The maximum absolute atomic E-state index is 11.3. The Morgan fingerprint density at radius 1 is 1.47 bits per heavy atom. The van der Waals surface area contributed by atoms with Crippen molar-refractivity contribution in [1.82, 2.24) is 10.6 Å². The van der Waals surface area contributed by atoms with Gasteiger partial charge >= 0.3 is 0 Å². The van der Waals surface area contributed by atoms with Crippen molar-refractivity contribution in [2.24, 2.45) is 0 Å². The van der Waals surface area contributed by atoms with E-state index < -0.39 is 0 Å². The molecule has 15 heavy (non-hydrogen) atoms. The molecule has 5 heteroatoms. The largest absolute Gasteiger partial charge is 0.355 e. The zero-order valence-electron chi connectivity index (χ0n) is 9.84. The first-order valence-electron chi connectivity index (χ1n) is 5.19. The number of carbonyl (C=O) groups excluding carboxylic acids is 1. The smallest absolute Gasteiger partial charge is 0.220 e. The van der Waals surface area contributed by atoms with Gasteiger partial charge in [0.05, 0.1) is 0 Å². The van der Waals surface area contributed by atoms with Crippen molar-refractivity contribution >= 4 is 30.1 Å². The van der Waals surface area contributed by atoms with E-state index in [1.165, 1.54) is 0 Å². The topological polar surface area (TPSA) is 41.1 Å². The number of thioether (sulfide) groups is 1. The lowest BCUT2D eigenvalue weighted by molar-refractivity contribution is -0.121. The van der Waals surface area contributed by atoms with Gasteiger partial charge in [-0.3, -0.25) is 4.79 Å². The zero-order valence-corrected chi connectivity index (χ0v) is 11.5. The van der Waals surface area contributed by atoms with E-state index in [1.807, 2.05) is 0 Å². The summed E-state index contributed by atoms with van der Waals surface area (Å²) < 4.78 is 0. The molecule has 0 saturated carbocycles. The van der Waals surface area contributed by atoms with Gasteiger partial charge in [-0.2, -0.15) is 11.8 Å². The molecule has 0 saturated heterocycles. The molecular weight excluding hydrogens is 232 g/mol. The summed E-state index contributed by atoms with van der Waals surface area (Å²) in [5.41, 5.74) is 0. The average Bonchev–Trinajstić information content (AvgIpc) is 2.16. The first kappa shape index (κ1) is 17.5. The van der Waals surface area contributed by atoms with Gasteiger partial charge in [0.1, 0.15) is 0 Å². The van der Waals surface area contributed by atoms with Gasteiger partial charge in [0, 0.05) is 19.0 Å². The van der Waals surface area contributed by atoms with Crippen LogP contribution >= 0.6 is 24.2 Å². The Bertz CT molecular complexity index is 158. The fourth-order valence-corrected chi connectivity index (χ4v) is 1.59. The van der Waals surface area contributed by atoms with Gasteiger partial charge in [-0.1, -0.05) is 6.92 Å². The van der Waals surface area contributed by atoms with Crippen LogP contribution in [0.3, 0.4) is 0 Å². The van der Waals surface area contributed by atoms with Crippen LogP contribution in [0, 0.1) is 0 Å². The highest BCUT2D eigenvalue weighted by molar-refractivity contribution is 7.98. The highest BCUT2D eigenvalue weighted by atomic mass is 35.5. The van der Waals surface area contributed by atoms with E-state index in [0.717, 1.165) is 25.3 Å². The highest BCUT2D eigenvalue weighted by Gasteiger charge is 2.03. The van der Waals surface area contributed by atoms with E-state index in [4.69, 9.17) is 0 Å². The summed E-state index contributed by atoms with van der Waals surface area (Å²) in [5, 5.41) is 6.16. The van der Waals surface area contributed by atoms with Crippen LogP contribution in [0.2, 0.25) is 0 Å². The van der Waals surface area contributed by atoms with E-state index >= 15 is 0 Å². The fraction of sp³-hybridized carbons (Fsp3) is 0.900. The number of halogens is 1. The van der Waals surface area contributed by atoms with Crippen molar-refractivity contribution < 1.29 is 4.79 Å². The van der Waals surface area contributed by atoms with Gasteiger partial charge in [0.15, 0.2) is 0 Å². The predicted octanol–water partition coefficient (Wildman–Crippen LogP) is 1.67. The summed E-state index contributed by atoms with van der Waals surface area (Å²) in [4.78, 5) is 11.3. The van der Waals surface area contributed by atoms with E-state index in [-0.39, 0.29) is 18.3 Å². The predicted molar refractivity (Wildman–Crippen MR) is 71.0 cm³/mol. The lowest BCUT2D eigenvalue weighted by Crippen LogP contribution is -2.38. The van der Waals surface area contributed by atoms with Crippen molar-refractivity contribution in [1.29, 1.82) is 0 Å². The number of hydrogen-bond acceptors (Lipinski definition) is 3. The number of carbonyl (C=O) groups is 1. The second-order valence-electron chi connectivity index (χ2n) is 3.36. The summed E-state index contributed by atoms with van der Waals surface area (Å²) in [6, 6.07) is 0.365. The monoisotopic (exact) mass is 254 g/mol. The molecule has 92 valence electrons. The molecule has 0 aromatic rings. The molecule has 0 aliphatic heterocycles. The molecule has 3 nitrogen and oxygen atoms in total. The van der Waals surface area contributed by atoms with Crippen LogP contribution in [0.15, 0.2) is 0 Å². The number of hydrogen-bond donors (Lipinski definition) is 2. The zero-order chi connectivity index (χ0) is 10.8. The molecule has 1 amide bonds. The van der Waals surface area contributed by atoms with Gasteiger partial charge in [-0.05, 0) is 31.9 Å². The number of likely N-dealkylation sites (N-methyl/N-ethyl adjacent to an activating group) is 1. The van der Waals surface area contributed by atoms with Crippen molar-refractivity contribution in [2.45, 2.75) is 32.7 Å². The maximum atomic E-state index is 11.3. The van der Waals surface area contributed by atoms with Crippen LogP contribution < -0.4 is 10.6 Å². The Balaban J connectivity index is 0. The normalized spacial score (nSPS) is 11.7. The standard InChI is InChI=1S/C10H22N2OS.ClH/c1-4-11-9(2)8-12-10(13)6-5-7-14-3;/h9,11H,4-8H2,1-3H3,(H,12,13);1H/t9-;/m1./s1. The Morgan fingerprint density at radius 2 is 2.13 bits per heavy atom. The van der Waals surface area contributed by atoms with E-state index in [1.54, 1.807) is 11.8 Å². The summed E-state index contributed by atoms with van der Waals surface area (Å²) in [6.07, 6.45) is 3.69. The molecule has 0 heterocycles. The van der Waals surface area contributed by atoms with Crippen LogP contribution in [0.5, 0.6) is 0 Å². The lowest BCUT2D eigenvalue weighted by Gasteiger charge is -2.12. The van der Waals surface area contributed by atoms with Gasteiger partial charge < -0.3 is 10.6 Å². The van der Waals surface area contributed by atoms with E-state index in [0.29, 0.717) is 12.5 Å². The fourth-order valence-electron chi connectivity index (χ4n) is 1.15. The number of rotatable bonds is 8. The summed E-state index contributed by atoms with van der Waals surface area (Å²) >= 11 is 1.78. The lowest BCUT2D eigenvalue weighted by atomic mass is 10.3. The summed E-state index contributed by atoms with van der Waals surface area (Å²) in [6.45, 7) is 5.82. The minimum absolute atomic E-state index is 0. The third-order valence-corrected chi connectivity index (χ3v) is 2.61. The summed E-state index contributed by atoms with van der Waals surface area (Å²) in [7, 11) is 0. The van der Waals surface area contributed by atoms with Gasteiger partial charge in [0.25, 0.3) is 0 Å². The van der Waals surface area contributed by atoms with Gasteiger partial charge in [0.2, 0.25) is 5.91 Å². The molecule has 0 spiro atoms. The quantitative estimate of drug-likeness (QED) is 0.648. The molecular formula is C10H23ClN2OS. The molecule has 0 aliphatic carbocycles. The van der Waals surface area contributed by atoms with Crippen LogP contribution in [-0.2, 0) is 4.79 Å². The van der Waals surface area contributed by atoms with Crippen LogP contribution in [0.25, 0.3) is 0 Å². The molecule has 0 fully saturated rings. The third kappa shape index (κ3) is 12.0. The van der Waals surface area contributed by atoms with Crippen LogP contribution in [-0.4, -0.2) is 37.0 Å². The molecule has 0 bridgehead atoms. The third-order valence-electron chi connectivity index (χ3n) is 1.91. The van der Waals surface area contributed by atoms with Gasteiger partial charge in [-0.25, -0.2) is 0 Å². The number of amides is 1. The molecule has 0 rings (SSSR count). The average molecular weight is 255 g/mol. The second kappa shape index (κ2) is 12.1. The molecule has 0 aromatic carbocycles. The second-order valence-corrected chi connectivity index (χ2v) is 4.34. The first-order valence-corrected chi connectivity index (χ1v) is 6.59. The highest BCUT2D eigenvalue weighted by Crippen LogP contribution is 1.98. The van der Waals surface area contributed by atoms with E-state index in [9.17, 15) is 4.79 Å². The van der Waals surface area contributed by atoms with Crippen LogP contribution in [0.4, 0.5) is 0 Å². The Hall–Kier alpha value is 0.0700. The van der Waals surface area contributed by atoms with Gasteiger partial charge in [-0.15, -0.1) is 12.4 Å². The molecule has 0 unspecified atom stereocenters. The molecule has 0 aromatic heterocycles. The molecule has 2 N–H and O–H groups in total. The minimum Gasteiger partial charge on any atom is -0.355 e. The molecule has 0 radical (unpaired) electrons. The Kier molecular flexibility index (Phi) is 14.1. The van der Waals surface area contributed by atoms with Crippen molar-refractivity contribution in [3.63, 3.8) is 0 Å². The van der Waals surface area contributed by atoms with Crippen molar-refractivity contribution in [3.05, 3.63) is 0 Å². The van der Waals surface area contributed by atoms with Crippen molar-refractivity contribution in [2.75, 3.05) is 25.1 Å². The molecule has 1 atom stereocenters. The van der Waals surface area contributed by atoms with Crippen LogP contribution in [0.1, 0.15) is 26.7 Å². The SMILES string of the molecule is CCN[C@H](C)CNC(=O)CCCSC.Cl. The Labute approximate surface area is 104 Å². The first-order chi connectivity index (χ1) is 6.70. The Morgan fingerprint density at radius 3 is 2.67 bits per heavy atom.